The largest absolute Gasteiger partial charge is 0.464 e. The van der Waals surface area contributed by atoms with E-state index in [2.05, 4.69) is 28.2 Å². The van der Waals surface area contributed by atoms with Crippen molar-refractivity contribution in [3.05, 3.63) is 46.2 Å². The highest BCUT2D eigenvalue weighted by atomic mass is 79.9. The van der Waals surface area contributed by atoms with Crippen molar-refractivity contribution in [2.24, 2.45) is 0 Å². The van der Waals surface area contributed by atoms with Gasteiger partial charge in [0.25, 0.3) is 0 Å². The summed E-state index contributed by atoms with van der Waals surface area (Å²) in [5, 5.41) is 3.42. The van der Waals surface area contributed by atoms with Crippen LogP contribution in [0, 0.1) is 6.92 Å². The lowest BCUT2D eigenvalue weighted by molar-refractivity contribution is 0.375. The van der Waals surface area contributed by atoms with Gasteiger partial charge in [-0.05, 0) is 60.1 Å². The lowest BCUT2D eigenvalue weighted by Crippen LogP contribution is -2.22. The van der Waals surface area contributed by atoms with Gasteiger partial charge in [0.2, 0.25) is 0 Å². The van der Waals surface area contributed by atoms with Crippen molar-refractivity contribution < 1.29 is 8.83 Å². The molecule has 17 heavy (non-hydrogen) atoms. The third kappa shape index (κ3) is 3.01. The molecule has 2 aromatic rings. The van der Waals surface area contributed by atoms with Gasteiger partial charge in [0.15, 0.2) is 4.67 Å². The molecule has 0 fully saturated rings. The summed E-state index contributed by atoms with van der Waals surface area (Å²) in [6, 6.07) is 7.78. The molecular formula is C13H16BrNO2. The summed E-state index contributed by atoms with van der Waals surface area (Å²) in [5.74, 6) is 2.66. The third-order valence-corrected chi connectivity index (χ3v) is 2.95. The van der Waals surface area contributed by atoms with Crippen LogP contribution in [0.1, 0.15) is 36.7 Å². The number of rotatable bonds is 5. The summed E-state index contributed by atoms with van der Waals surface area (Å²) in [4.78, 5) is 0. The molecule has 0 spiro atoms. The van der Waals surface area contributed by atoms with Crippen LogP contribution in [0.4, 0.5) is 0 Å². The molecule has 0 aliphatic rings. The number of hydrogen-bond acceptors (Lipinski definition) is 3. The number of aryl methyl sites for hydroxylation is 1. The minimum Gasteiger partial charge on any atom is -0.464 e. The van der Waals surface area contributed by atoms with E-state index in [1.165, 1.54) is 0 Å². The highest BCUT2D eigenvalue weighted by Gasteiger charge is 2.20. The van der Waals surface area contributed by atoms with Crippen LogP contribution in [-0.4, -0.2) is 6.54 Å². The zero-order chi connectivity index (χ0) is 12.3. The predicted molar refractivity (Wildman–Crippen MR) is 70.0 cm³/mol. The molecule has 0 radical (unpaired) electrons. The van der Waals surface area contributed by atoms with Gasteiger partial charge in [0.1, 0.15) is 23.3 Å². The van der Waals surface area contributed by atoms with Gasteiger partial charge in [-0.25, -0.2) is 0 Å². The highest BCUT2D eigenvalue weighted by Crippen LogP contribution is 2.27. The average molecular weight is 298 g/mol. The second-order valence-corrected chi connectivity index (χ2v) is 4.76. The summed E-state index contributed by atoms with van der Waals surface area (Å²) in [7, 11) is 0. The van der Waals surface area contributed by atoms with Gasteiger partial charge in [-0.3, -0.25) is 0 Å². The normalized spacial score (nSPS) is 12.9. The van der Waals surface area contributed by atoms with Crippen molar-refractivity contribution >= 4 is 15.9 Å². The zero-order valence-electron chi connectivity index (χ0n) is 10.00. The molecule has 0 aliphatic heterocycles. The molecule has 2 aromatic heterocycles. The second kappa shape index (κ2) is 5.56. The molecule has 0 aromatic carbocycles. The van der Waals surface area contributed by atoms with Crippen molar-refractivity contribution in [3.8, 4) is 0 Å². The maximum atomic E-state index is 5.67. The van der Waals surface area contributed by atoms with Gasteiger partial charge in [-0.15, -0.1) is 0 Å². The van der Waals surface area contributed by atoms with E-state index in [0.29, 0.717) is 0 Å². The summed E-state index contributed by atoms with van der Waals surface area (Å²) in [6.07, 6.45) is 1.07. The lowest BCUT2D eigenvalue weighted by atomic mass is 10.1. The first-order chi connectivity index (χ1) is 8.20. The van der Waals surface area contributed by atoms with Crippen LogP contribution in [0.3, 0.4) is 0 Å². The number of nitrogens with one attached hydrogen (secondary N) is 1. The van der Waals surface area contributed by atoms with E-state index < -0.39 is 0 Å². The molecule has 3 nitrogen and oxygen atoms in total. The Kier molecular flexibility index (Phi) is 4.07. The molecule has 0 amide bonds. The van der Waals surface area contributed by atoms with Gasteiger partial charge in [-0.1, -0.05) is 6.92 Å². The van der Waals surface area contributed by atoms with Crippen LogP contribution < -0.4 is 5.32 Å². The minimum atomic E-state index is -0.0186. The smallest absolute Gasteiger partial charge is 0.169 e. The first kappa shape index (κ1) is 12.5. The maximum absolute atomic E-state index is 5.67. The van der Waals surface area contributed by atoms with E-state index in [0.717, 1.165) is 34.9 Å². The minimum absolute atomic E-state index is 0.0186. The molecule has 4 heteroatoms. The molecule has 0 saturated heterocycles. The number of hydrogen-bond donors (Lipinski definition) is 1. The van der Waals surface area contributed by atoms with E-state index in [1.807, 2.05) is 31.2 Å². The van der Waals surface area contributed by atoms with E-state index in [9.17, 15) is 0 Å². The van der Waals surface area contributed by atoms with E-state index in [4.69, 9.17) is 8.83 Å². The highest BCUT2D eigenvalue weighted by molar-refractivity contribution is 9.10. The van der Waals surface area contributed by atoms with Crippen LogP contribution in [-0.2, 0) is 0 Å². The quantitative estimate of drug-likeness (QED) is 0.905. The topological polar surface area (TPSA) is 38.3 Å². The molecule has 2 rings (SSSR count). The van der Waals surface area contributed by atoms with Gasteiger partial charge >= 0.3 is 0 Å². The van der Waals surface area contributed by atoms with Crippen LogP contribution in [0.5, 0.6) is 0 Å². The Hall–Kier alpha value is -1.000. The first-order valence-corrected chi connectivity index (χ1v) is 6.55. The fourth-order valence-corrected chi connectivity index (χ4v) is 2.04. The van der Waals surface area contributed by atoms with Crippen LogP contribution in [0.25, 0.3) is 0 Å². The fraction of sp³-hybridized carbons (Fsp3) is 0.385. The van der Waals surface area contributed by atoms with Gasteiger partial charge < -0.3 is 14.2 Å². The molecule has 0 bridgehead atoms. The van der Waals surface area contributed by atoms with Gasteiger partial charge in [0.05, 0.1) is 0 Å². The van der Waals surface area contributed by atoms with E-state index >= 15 is 0 Å². The van der Waals surface area contributed by atoms with Crippen molar-refractivity contribution in [2.45, 2.75) is 26.3 Å². The zero-order valence-corrected chi connectivity index (χ0v) is 11.6. The molecular weight excluding hydrogens is 282 g/mol. The molecule has 1 atom stereocenters. The first-order valence-electron chi connectivity index (χ1n) is 5.75. The molecule has 1 unspecified atom stereocenters. The van der Waals surface area contributed by atoms with E-state index in [1.54, 1.807) is 0 Å². The average Bonchev–Trinajstić information content (AvgIpc) is 2.89. The summed E-state index contributed by atoms with van der Waals surface area (Å²) < 4.78 is 12.0. The Morgan fingerprint density at radius 3 is 2.41 bits per heavy atom. The van der Waals surface area contributed by atoms with Crippen molar-refractivity contribution in [3.63, 3.8) is 0 Å². The molecule has 2 heterocycles. The SMILES string of the molecule is CCCNC(c1ccc(C)o1)c1ccc(Br)o1. The van der Waals surface area contributed by atoms with Crippen molar-refractivity contribution in [2.75, 3.05) is 6.54 Å². The Morgan fingerprint density at radius 2 is 1.88 bits per heavy atom. The number of halogens is 1. The Balaban J connectivity index is 2.24. The van der Waals surface area contributed by atoms with Crippen LogP contribution >= 0.6 is 15.9 Å². The van der Waals surface area contributed by atoms with Crippen molar-refractivity contribution in [1.29, 1.82) is 0 Å². The Bertz CT molecular complexity index is 435. The predicted octanol–water partition coefficient (Wildman–Crippen LogP) is 4.03. The number of furan rings is 2. The van der Waals surface area contributed by atoms with Crippen molar-refractivity contribution in [1.82, 2.24) is 5.32 Å². The Morgan fingerprint density at radius 1 is 1.18 bits per heavy atom. The summed E-state index contributed by atoms with van der Waals surface area (Å²) in [6.45, 7) is 5.00. The molecule has 1 N–H and O–H groups in total. The monoisotopic (exact) mass is 297 g/mol. The summed E-state index contributed by atoms with van der Waals surface area (Å²) in [5.41, 5.74) is 0. The summed E-state index contributed by atoms with van der Waals surface area (Å²) >= 11 is 3.32. The maximum Gasteiger partial charge on any atom is 0.169 e. The van der Waals surface area contributed by atoms with E-state index in [-0.39, 0.29) is 6.04 Å². The standard InChI is InChI=1S/C13H16BrNO2/c1-3-8-15-13(10-5-4-9(2)16-10)11-6-7-12(14)17-11/h4-7,13,15H,3,8H2,1-2H3. The second-order valence-electron chi connectivity index (χ2n) is 3.98. The van der Waals surface area contributed by atoms with Crippen LogP contribution in [0.15, 0.2) is 37.8 Å². The van der Waals surface area contributed by atoms with Gasteiger partial charge in [0, 0.05) is 0 Å². The lowest BCUT2D eigenvalue weighted by Gasteiger charge is -2.13. The van der Waals surface area contributed by atoms with Crippen LogP contribution in [0.2, 0.25) is 0 Å². The molecule has 0 aliphatic carbocycles. The fourth-order valence-electron chi connectivity index (χ4n) is 1.72. The third-order valence-electron chi connectivity index (χ3n) is 2.52. The Labute approximate surface area is 109 Å². The van der Waals surface area contributed by atoms with Gasteiger partial charge in [-0.2, -0.15) is 0 Å². The molecule has 0 saturated carbocycles. The molecule has 92 valence electrons.